The standard InChI is InChI=1S/C19H19FN2/c20-19-8-4-7-18(21-19)15-11-16-9-10-17(12-15)22(16)13-14-5-2-1-3-6-14/h1-8,11,16-17H,9-10,12-13H2. The Balaban J connectivity index is 1.57. The van der Waals surface area contributed by atoms with Crippen molar-refractivity contribution in [3.63, 3.8) is 0 Å². The third kappa shape index (κ3) is 2.57. The van der Waals surface area contributed by atoms with Crippen LogP contribution >= 0.6 is 0 Å². The van der Waals surface area contributed by atoms with E-state index in [0.717, 1.165) is 18.7 Å². The summed E-state index contributed by atoms with van der Waals surface area (Å²) in [7, 11) is 0. The predicted molar refractivity (Wildman–Crippen MR) is 85.6 cm³/mol. The first-order chi connectivity index (χ1) is 10.8. The lowest BCUT2D eigenvalue weighted by atomic mass is 9.97. The number of benzene rings is 1. The summed E-state index contributed by atoms with van der Waals surface area (Å²) < 4.78 is 13.3. The van der Waals surface area contributed by atoms with Gasteiger partial charge in [-0.2, -0.15) is 4.39 Å². The maximum Gasteiger partial charge on any atom is 0.213 e. The number of fused-ring (bicyclic) bond motifs is 2. The molecule has 3 heterocycles. The van der Waals surface area contributed by atoms with Crippen molar-refractivity contribution in [2.24, 2.45) is 0 Å². The Bertz CT molecular complexity index is 696. The van der Waals surface area contributed by atoms with Crippen LogP contribution < -0.4 is 0 Å². The maximum atomic E-state index is 13.3. The van der Waals surface area contributed by atoms with Crippen LogP contribution in [0, 0.1) is 5.95 Å². The number of hydrogen-bond donors (Lipinski definition) is 0. The molecule has 0 aliphatic carbocycles. The van der Waals surface area contributed by atoms with Crippen LogP contribution in [0.15, 0.2) is 54.6 Å². The van der Waals surface area contributed by atoms with Crippen molar-refractivity contribution in [1.29, 1.82) is 0 Å². The fourth-order valence-electron chi connectivity index (χ4n) is 3.74. The van der Waals surface area contributed by atoms with Crippen molar-refractivity contribution in [2.75, 3.05) is 0 Å². The lowest BCUT2D eigenvalue weighted by Crippen LogP contribution is -2.37. The van der Waals surface area contributed by atoms with Crippen LogP contribution in [-0.4, -0.2) is 22.0 Å². The van der Waals surface area contributed by atoms with E-state index in [2.05, 4.69) is 46.3 Å². The van der Waals surface area contributed by atoms with Crippen LogP contribution in [-0.2, 0) is 6.54 Å². The van der Waals surface area contributed by atoms with Gasteiger partial charge in [-0.05, 0) is 42.5 Å². The largest absolute Gasteiger partial charge is 0.289 e. The zero-order chi connectivity index (χ0) is 14.9. The molecular weight excluding hydrogens is 275 g/mol. The van der Waals surface area contributed by atoms with Crippen molar-refractivity contribution in [1.82, 2.24) is 9.88 Å². The molecule has 1 fully saturated rings. The van der Waals surface area contributed by atoms with Gasteiger partial charge in [0.2, 0.25) is 5.95 Å². The van der Waals surface area contributed by atoms with E-state index in [1.165, 1.54) is 30.0 Å². The average molecular weight is 294 g/mol. The van der Waals surface area contributed by atoms with E-state index >= 15 is 0 Å². The quantitative estimate of drug-likeness (QED) is 0.794. The number of nitrogens with zero attached hydrogens (tertiary/aromatic N) is 2. The highest BCUT2D eigenvalue weighted by molar-refractivity contribution is 5.65. The van der Waals surface area contributed by atoms with Gasteiger partial charge in [-0.3, -0.25) is 4.90 Å². The molecule has 2 nitrogen and oxygen atoms in total. The molecule has 1 aromatic heterocycles. The summed E-state index contributed by atoms with van der Waals surface area (Å²) in [6.07, 6.45) is 5.68. The zero-order valence-electron chi connectivity index (χ0n) is 12.5. The molecule has 3 heteroatoms. The van der Waals surface area contributed by atoms with Crippen LogP contribution in [0.5, 0.6) is 0 Å². The second kappa shape index (κ2) is 5.65. The summed E-state index contributed by atoms with van der Waals surface area (Å²) in [5.74, 6) is -0.391. The number of rotatable bonds is 3. The molecule has 2 aliphatic rings. The number of pyridine rings is 1. The Labute approximate surface area is 130 Å². The minimum absolute atomic E-state index is 0.391. The Hall–Kier alpha value is -2.00. The molecule has 1 saturated heterocycles. The minimum Gasteiger partial charge on any atom is -0.289 e. The van der Waals surface area contributed by atoms with Gasteiger partial charge in [0.25, 0.3) is 0 Å². The summed E-state index contributed by atoms with van der Waals surface area (Å²) in [5.41, 5.74) is 3.37. The van der Waals surface area contributed by atoms with E-state index in [4.69, 9.17) is 0 Å². The Kier molecular flexibility index (Phi) is 3.51. The Morgan fingerprint density at radius 2 is 1.91 bits per heavy atom. The SMILES string of the molecule is Fc1cccc(C2=CC3CCC(C2)N3Cc2ccccc2)n1. The average Bonchev–Trinajstić information content (AvgIpc) is 2.78. The predicted octanol–water partition coefficient (Wildman–Crippen LogP) is 4.04. The van der Waals surface area contributed by atoms with E-state index in [0.29, 0.717) is 12.1 Å². The maximum absolute atomic E-state index is 13.3. The van der Waals surface area contributed by atoms with Gasteiger partial charge in [-0.25, -0.2) is 4.98 Å². The molecule has 22 heavy (non-hydrogen) atoms. The third-order valence-electron chi connectivity index (χ3n) is 4.79. The van der Waals surface area contributed by atoms with Gasteiger partial charge in [-0.1, -0.05) is 42.5 Å². The summed E-state index contributed by atoms with van der Waals surface area (Å²) >= 11 is 0. The van der Waals surface area contributed by atoms with Crippen molar-refractivity contribution in [3.05, 3.63) is 71.8 Å². The van der Waals surface area contributed by atoms with Crippen LogP contribution in [0.25, 0.3) is 5.57 Å². The highest BCUT2D eigenvalue weighted by atomic mass is 19.1. The second-order valence-electron chi connectivity index (χ2n) is 6.20. The molecule has 2 unspecified atom stereocenters. The van der Waals surface area contributed by atoms with Crippen molar-refractivity contribution in [2.45, 2.75) is 37.9 Å². The summed E-state index contributed by atoms with van der Waals surface area (Å²) in [6, 6.07) is 16.7. The lowest BCUT2D eigenvalue weighted by Gasteiger charge is -2.34. The van der Waals surface area contributed by atoms with Crippen LogP contribution in [0.1, 0.15) is 30.5 Å². The van der Waals surface area contributed by atoms with E-state index in [1.807, 2.05) is 6.07 Å². The highest BCUT2D eigenvalue weighted by Gasteiger charge is 2.36. The van der Waals surface area contributed by atoms with Gasteiger partial charge in [0.1, 0.15) is 0 Å². The minimum atomic E-state index is -0.391. The van der Waals surface area contributed by atoms with Gasteiger partial charge in [0, 0.05) is 18.6 Å². The van der Waals surface area contributed by atoms with Gasteiger partial charge in [-0.15, -0.1) is 0 Å². The molecule has 0 amide bonds. The topological polar surface area (TPSA) is 16.1 Å². The highest BCUT2D eigenvalue weighted by Crippen LogP contribution is 2.38. The van der Waals surface area contributed by atoms with Crippen molar-refractivity contribution >= 4 is 5.57 Å². The number of halogens is 1. The fourth-order valence-corrected chi connectivity index (χ4v) is 3.74. The molecule has 2 bridgehead atoms. The van der Waals surface area contributed by atoms with Crippen LogP contribution in [0.3, 0.4) is 0 Å². The molecule has 1 aromatic carbocycles. The summed E-state index contributed by atoms with van der Waals surface area (Å²) in [4.78, 5) is 6.63. The molecule has 112 valence electrons. The molecule has 0 radical (unpaired) electrons. The normalized spacial score (nSPS) is 24.3. The first-order valence-electron chi connectivity index (χ1n) is 7.93. The zero-order valence-corrected chi connectivity index (χ0v) is 12.5. The van der Waals surface area contributed by atoms with Gasteiger partial charge in [0.15, 0.2) is 0 Å². The van der Waals surface area contributed by atoms with Crippen molar-refractivity contribution in [3.8, 4) is 0 Å². The summed E-state index contributed by atoms with van der Waals surface area (Å²) in [6.45, 7) is 0.997. The number of hydrogen-bond acceptors (Lipinski definition) is 2. The monoisotopic (exact) mass is 294 g/mol. The molecule has 2 aliphatic heterocycles. The number of aromatic nitrogens is 1. The first-order valence-corrected chi connectivity index (χ1v) is 7.93. The van der Waals surface area contributed by atoms with Gasteiger partial charge < -0.3 is 0 Å². The van der Waals surface area contributed by atoms with Gasteiger partial charge >= 0.3 is 0 Å². The molecule has 0 N–H and O–H groups in total. The fraction of sp³-hybridized carbons (Fsp3) is 0.316. The molecule has 2 aromatic rings. The first kappa shape index (κ1) is 13.6. The Morgan fingerprint density at radius 1 is 1.05 bits per heavy atom. The van der Waals surface area contributed by atoms with Gasteiger partial charge in [0.05, 0.1) is 5.69 Å². The van der Waals surface area contributed by atoms with Crippen LogP contribution in [0.4, 0.5) is 4.39 Å². The molecular formula is C19H19FN2. The van der Waals surface area contributed by atoms with E-state index < -0.39 is 5.95 Å². The molecule has 0 spiro atoms. The summed E-state index contributed by atoms with van der Waals surface area (Å²) in [5, 5.41) is 0. The van der Waals surface area contributed by atoms with E-state index in [9.17, 15) is 4.39 Å². The van der Waals surface area contributed by atoms with E-state index in [1.54, 1.807) is 6.07 Å². The van der Waals surface area contributed by atoms with E-state index in [-0.39, 0.29) is 0 Å². The smallest absolute Gasteiger partial charge is 0.213 e. The third-order valence-corrected chi connectivity index (χ3v) is 4.79. The van der Waals surface area contributed by atoms with Crippen molar-refractivity contribution < 1.29 is 4.39 Å². The molecule has 2 atom stereocenters. The molecule has 4 rings (SSSR count). The van der Waals surface area contributed by atoms with Crippen LogP contribution in [0.2, 0.25) is 0 Å². The lowest BCUT2D eigenvalue weighted by molar-refractivity contribution is 0.203. The second-order valence-corrected chi connectivity index (χ2v) is 6.20. The molecule has 0 saturated carbocycles. The Morgan fingerprint density at radius 3 is 2.68 bits per heavy atom.